The van der Waals surface area contributed by atoms with Gasteiger partial charge < -0.3 is 25.0 Å². The SMILES string of the molecule is C=Cc1cc(Oc2ncccn2)cc(Cn2c(C(=O)OCC)cc3ccc(/C(N)=N/O)cc32)c1/C=C\C. The lowest BCUT2D eigenvalue weighted by molar-refractivity contribution is 0.0515. The van der Waals surface area contributed by atoms with Gasteiger partial charge in [-0.2, -0.15) is 0 Å². The first-order valence-electron chi connectivity index (χ1n) is 11.6. The smallest absolute Gasteiger partial charge is 0.354 e. The molecule has 2 heterocycles. The van der Waals surface area contributed by atoms with E-state index in [1.54, 1.807) is 49.7 Å². The van der Waals surface area contributed by atoms with E-state index in [9.17, 15) is 10.0 Å². The molecule has 0 unspecified atom stereocenters. The van der Waals surface area contributed by atoms with Crippen LogP contribution >= 0.6 is 0 Å². The van der Waals surface area contributed by atoms with Crippen LogP contribution in [0.2, 0.25) is 0 Å². The van der Waals surface area contributed by atoms with E-state index >= 15 is 0 Å². The molecular formula is C28H27N5O4. The minimum Gasteiger partial charge on any atom is -0.461 e. The fraction of sp³-hybridized carbons (Fsp3) is 0.143. The molecule has 4 rings (SSSR count). The minimum atomic E-state index is -0.453. The summed E-state index contributed by atoms with van der Waals surface area (Å²) in [5.74, 6) is 0.0376. The first-order chi connectivity index (χ1) is 18.0. The Morgan fingerprint density at radius 2 is 2.00 bits per heavy atom. The summed E-state index contributed by atoms with van der Waals surface area (Å²) in [7, 11) is 0. The van der Waals surface area contributed by atoms with E-state index in [2.05, 4.69) is 21.7 Å². The van der Waals surface area contributed by atoms with Crippen LogP contribution in [0.4, 0.5) is 0 Å². The molecule has 0 fully saturated rings. The Balaban J connectivity index is 1.91. The van der Waals surface area contributed by atoms with Crippen LogP contribution < -0.4 is 10.5 Å². The number of hydrogen-bond acceptors (Lipinski definition) is 7. The van der Waals surface area contributed by atoms with Gasteiger partial charge in [-0.1, -0.05) is 42.1 Å². The van der Waals surface area contributed by atoms with Crippen LogP contribution in [0.5, 0.6) is 11.8 Å². The summed E-state index contributed by atoms with van der Waals surface area (Å²) in [6.45, 7) is 8.19. The lowest BCUT2D eigenvalue weighted by Crippen LogP contribution is -2.15. The Bertz CT molecular complexity index is 1510. The molecule has 0 saturated heterocycles. The third-order valence-electron chi connectivity index (χ3n) is 5.70. The summed E-state index contributed by atoms with van der Waals surface area (Å²) in [6, 6.07) is 12.7. The summed E-state index contributed by atoms with van der Waals surface area (Å²) in [6.07, 6.45) is 8.86. The summed E-state index contributed by atoms with van der Waals surface area (Å²) < 4.78 is 13.1. The molecule has 9 heteroatoms. The van der Waals surface area contributed by atoms with E-state index in [-0.39, 0.29) is 18.5 Å². The van der Waals surface area contributed by atoms with Gasteiger partial charge in [0.15, 0.2) is 5.84 Å². The van der Waals surface area contributed by atoms with Crippen molar-refractivity contribution < 1.29 is 19.5 Å². The number of carbonyl (C=O) groups excluding carboxylic acids is 1. The van der Waals surface area contributed by atoms with Gasteiger partial charge in [-0.3, -0.25) is 0 Å². The van der Waals surface area contributed by atoms with Gasteiger partial charge in [0.1, 0.15) is 11.4 Å². The van der Waals surface area contributed by atoms with E-state index in [0.717, 1.165) is 27.6 Å². The molecule has 0 aliphatic heterocycles. The van der Waals surface area contributed by atoms with Gasteiger partial charge in [0.2, 0.25) is 0 Å². The van der Waals surface area contributed by atoms with Crippen LogP contribution in [0.15, 0.2) is 72.7 Å². The highest BCUT2D eigenvalue weighted by molar-refractivity contribution is 6.02. The number of fused-ring (bicyclic) bond motifs is 1. The lowest BCUT2D eigenvalue weighted by Gasteiger charge is -2.16. The number of nitrogens with two attached hydrogens (primary N) is 1. The van der Waals surface area contributed by atoms with Crippen molar-refractivity contribution >= 4 is 34.9 Å². The van der Waals surface area contributed by atoms with Gasteiger partial charge in [-0.15, -0.1) is 0 Å². The zero-order chi connectivity index (χ0) is 26.4. The third kappa shape index (κ3) is 5.35. The molecule has 0 aliphatic rings. The van der Waals surface area contributed by atoms with Gasteiger partial charge in [-0.25, -0.2) is 14.8 Å². The molecule has 0 amide bonds. The van der Waals surface area contributed by atoms with Gasteiger partial charge in [-0.05, 0) is 60.9 Å². The molecule has 188 valence electrons. The number of ether oxygens (including phenoxy) is 2. The topological polar surface area (TPSA) is 125 Å². The molecule has 0 saturated carbocycles. The number of nitrogens with zero attached hydrogens (tertiary/aromatic N) is 4. The highest BCUT2D eigenvalue weighted by atomic mass is 16.5. The average Bonchev–Trinajstić information content (AvgIpc) is 3.27. The Labute approximate surface area is 214 Å². The fourth-order valence-electron chi connectivity index (χ4n) is 4.07. The predicted molar refractivity (Wildman–Crippen MR) is 143 cm³/mol. The van der Waals surface area contributed by atoms with Crippen molar-refractivity contribution in [3.05, 3.63) is 95.5 Å². The molecule has 0 radical (unpaired) electrons. The molecule has 0 atom stereocenters. The molecule has 0 spiro atoms. The first-order valence-corrected chi connectivity index (χ1v) is 11.6. The molecule has 0 bridgehead atoms. The number of rotatable bonds is 9. The number of amidine groups is 1. The first kappa shape index (κ1) is 25.2. The number of oxime groups is 1. The average molecular weight is 498 g/mol. The number of aromatic nitrogens is 3. The molecule has 0 aliphatic carbocycles. The van der Waals surface area contributed by atoms with Crippen molar-refractivity contribution in [1.29, 1.82) is 0 Å². The monoisotopic (exact) mass is 497 g/mol. The molecular weight excluding hydrogens is 470 g/mol. The molecule has 2 aromatic heterocycles. The second kappa shape index (κ2) is 11.2. The largest absolute Gasteiger partial charge is 0.461 e. The van der Waals surface area contributed by atoms with Crippen LogP contribution in [-0.4, -0.2) is 38.2 Å². The molecule has 37 heavy (non-hydrogen) atoms. The van der Waals surface area contributed by atoms with Crippen molar-refractivity contribution in [3.8, 4) is 11.8 Å². The quantitative estimate of drug-likeness (QED) is 0.107. The van der Waals surface area contributed by atoms with E-state index < -0.39 is 5.97 Å². The maximum Gasteiger partial charge on any atom is 0.354 e. The Morgan fingerprint density at radius 1 is 1.22 bits per heavy atom. The maximum atomic E-state index is 12.9. The highest BCUT2D eigenvalue weighted by Gasteiger charge is 2.20. The standard InChI is InChI=1S/C28H27N5O4/c1-4-8-23-18(5-2)13-22(37-28-30-11-7-12-31-28)14-21(23)17-33-24-16-20(26(29)32-35)10-9-19(24)15-25(33)27(34)36-6-3/h4-5,7-16,35H,2,6,17H2,1,3H3,(H2,29,32)/b8-4-. The van der Waals surface area contributed by atoms with E-state index in [1.165, 1.54) is 0 Å². The van der Waals surface area contributed by atoms with Crippen molar-refractivity contribution in [2.45, 2.75) is 20.4 Å². The highest BCUT2D eigenvalue weighted by Crippen LogP contribution is 2.31. The van der Waals surface area contributed by atoms with Crippen LogP contribution in [0.3, 0.4) is 0 Å². The normalized spacial score (nSPS) is 11.7. The molecule has 2 aromatic carbocycles. The maximum absolute atomic E-state index is 12.9. The lowest BCUT2D eigenvalue weighted by atomic mass is 9.99. The zero-order valence-electron chi connectivity index (χ0n) is 20.6. The molecule has 3 N–H and O–H groups in total. The summed E-state index contributed by atoms with van der Waals surface area (Å²) >= 11 is 0. The summed E-state index contributed by atoms with van der Waals surface area (Å²) in [4.78, 5) is 21.2. The van der Waals surface area contributed by atoms with Gasteiger partial charge in [0, 0.05) is 35.4 Å². The number of hydrogen-bond donors (Lipinski definition) is 2. The van der Waals surface area contributed by atoms with E-state index in [0.29, 0.717) is 23.6 Å². The van der Waals surface area contributed by atoms with E-state index in [1.807, 2.05) is 41.8 Å². The van der Waals surface area contributed by atoms with Crippen LogP contribution in [-0.2, 0) is 11.3 Å². The predicted octanol–water partition coefficient (Wildman–Crippen LogP) is 5.22. The minimum absolute atomic E-state index is 0.0332. The third-order valence-corrected chi connectivity index (χ3v) is 5.70. The zero-order valence-corrected chi connectivity index (χ0v) is 20.6. The van der Waals surface area contributed by atoms with Crippen molar-refractivity contribution in [2.24, 2.45) is 10.9 Å². The van der Waals surface area contributed by atoms with E-state index in [4.69, 9.17) is 15.2 Å². The number of allylic oxidation sites excluding steroid dienone is 1. The molecule has 4 aromatic rings. The summed E-state index contributed by atoms with van der Waals surface area (Å²) in [5, 5.41) is 13.1. The van der Waals surface area contributed by atoms with Crippen LogP contribution in [0.1, 0.15) is 46.6 Å². The Hall–Kier alpha value is -4.92. The van der Waals surface area contributed by atoms with Gasteiger partial charge in [0.05, 0.1) is 6.61 Å². The van der Waals surface area contributed by atoms with Crippen molar-refractivity contribution in [3.63, 3.8) is 0 Å². The van der Waals surface area contributed by atoms with Crippen molar-refractivity contribution in [2.75, 3.05) is 6.61 Å². The number of benzene rings is 2. The Morgan fingerprint density at radius 3 is 2.68 bits per heavy atom. The van der Waals surface area contributed by atoms with Crippen LogP contribution in [0, 0.1) is 0 Å². The summed E-state index contributed by atoms with van der Waals surface area (Å²) in [5.41, 5.74) is 10.1. The van der Waals surface area contributed by atoms with Gasteiger partial charge in [0.25, 0.3) is 0 Å². The second-order valence-electron chi connectivity index (χ2n) is 8.02. The van der Waals surface area contributed by atoms with Gasteiger partial charge >= 0.3 is 12.0 Å². The molecule has 9 nitrogen and oxygen atoms in total. The second-order valence-corrected chi connectivity index (χ2v) is 8.02. The number of esters is 1. The fourth-order valence-corrected chi connectivity index (χ4v) is 4.07. The van der Waals surface area contributed by atoms with Crippen LogP contribution in [0.25, 0.3) is 23.1 Å². The van der Waals surface area contributed by atoms with Crippen molar-refractivity contribution in [1.82, 2.24) is 14.5 Å². The number of carbonyl (C=O) groups is 1. The Kier molecular flexibility index (Phi) is 7.63.